The number of hydrogen-bond donors (Lipinski definition) is 2. The molecule has 1 heterocycles. The Morgan fingerprint density at radius 1 is 1.03 bits per heavy atom. The van der Waals surface area contributed by atoms with E-state index >= 15 is 0 Å². The summed E-state index contributed by atoms with van der Waals surface area (Å²) in [5.41, 5.74) is 9.80. The molecule has 2 aromatic rings. The lowest BCUT2D eigenvalue weighted by atomic mass is 10.1. The van der Waals surface area contributed by atoms with Crippen LogP contribution in [0.1, 0.15) is 29.8 Å². The topological polar surface area (TPSA) is 80.1 Å². The Morgan fingerprint density at radius 2 is 1.73 bits per heavy atom. The number of nitrogens with zero attached hydrogens (tertiary/aromatic N) is 2. The molecule has 1 amide bonds. The minimum atomic E-state index is 0.00901. The number of hydrogen-bond acceptors (Lipinski definition) is 6. The fraction of sp³-hybridized carbons (Fsp3) is 0.435. The van der Waals surface area contributed by atoms with Gasteiger partial charge in [-0.3, -0.25) is 4.79 Å². The summed E-state index contributed by atoms with van der Waals surface area (Å²) in [6.07, 6.45) is 0. The number of benzene rings is 2. The van der Waals surface area contributed by atoms with Crippen molar-refractivity contribution in [3.8, 4) is 11.5 Å². The van der Waals surface area contributed by atoms with Gasteiger partial charge in [0, 0.05) is 55.7 Å². The van der Waals surface area contributed by atoms with Crippen LogP contribution in [0.3, 0.4) is 0 Å². The summed E-state index contributed by atoms with van der Waals surface area (Å²) in [5.74, 6) is 1.19. The van der Waals surface area contributed by atoms with Gasteiger partial charge in [-0.1, -0.05) is 13.8 Å². The first-order valence-corrected chi connectivity index (χ1v) is 10.3. The number of nitrogens with one attached hydrogen (secondary N) is 1. The molecular weight excluding hydrogens is 380 g/mol. The highest BCUT2D eigenvalue weighted by molar-refractivity contribution is 5.95. The van der Waals surface area contributed by atoms with E-state index in [9.17, 15) is 4.79 Å². The Balaban J connectivity index is 1.65. The van der Waals surface area contributed by atoms with E-state index in [1.165, 1.54) is 0 Å². The zero-order chi connectivity index (χ0) is 21.7. The van der Waals surface area contributed by atoms with Crippen molar-refractivity contribution in [1.29, 1.82) is 0 Å². The molecule has 0 unspecified atom stereocenters. The number of methoxy groups -OCH3 is 2. The van der Waals surface area contributed by atoms with Crippen LogP contribution >= 0.6 is 0 Å². The molecule has 2 aromatic carbocycles. The van der Waals surface area contributed by atoms with Gasteiger partial charge >= 0.3 is 0 Å². The maximum absolute atomic E-state index is 12.9. The van der Waals surface area contributed by atoms with Crippen molar-refractivity contribution in [1.82, 2.24) is 10.2 Å². The Morgan fingerprint density at radius 3 is 2.37 bits per heavy atom. The standard InChI is InChI=1S/C23H32N4O3/c1-16(2)25-15-18-13-19(6-7-20(18)24)26-9-11-27(12-10-26)23(28)17-5-8-21(29-3)22(14-17)30-4/h5-8,13-14,16,25H,9-12,15,24H2,1-4H3. The number of carbonyl (C=O) groups is 1. The predicted molar refractivity (Wildman–Crippen MR) is 120 cm³/mol. The summed E-state index contributed by atoms with van der Waals surface area (Å²) in [4.78, 5) is 17.1. The number of nitrogen functional groups attached to an aromatic ring is 1. The van der Waals surface area contributed by atoms with E-state index in [-0.39, 0.29) is 5.91 Å². The van der Waals surface area contributed by atoms with Crippen LogP contribution < -0.4 is 25.4 Å². The molecule has 0 spiro atoms. The van der Waals surface area contributed by atoms with Gasteiger partial charge in [0.25, 0.3) is 5.91 Å². The molecule has 0 aliphatic carbocycles. The van der Waals surface area contributed by atoms with E-state index in [0.29, 0.717) is 36.2 Å². The fourth-order valence-electron chi connectivity index (χ4n) is 3.58. The third kappa shape index (κ3) is 4.97. The van der Waals surface area contributed by atoms with Gasteiger partial charge in [0.05, 0.1) is 14.2 Å². The second-order valence-electron chi connectivity index (χ2n) is 7.77. The Kier molecular flexibility index (Phi) is 7.05. The number of piperazine rings is 1. The molecule has 1 saturated heterocycles. The molecule has 0 radical (unpaired) electrons. The van der Waals surface area contributed by atoms with Crippen LogP contribution in [0.15, 0.2) is 36.4 Å². The maximum Gasteiger partial charge on any atom is 0.254 e. The van der Waals surface area contributed by atoms with Crippen LogP contribution in [-0.2, 0) is 6.54 Å². The lowest BCUT2D eigenvalue weighted by Crippen LogP contribution is -2.48. The van der Waals surface area contributed by atoms with Gasteiger partial charge in [-0.2, -0.15) is 0 Å². The van der Waals surface area contributed by atoms with Crippen molar-refractivity contribution in [3.05, 3.63) is 47.5 Å². The third-order valence-electron chi connectivity index (χ3n) is 5.39. The average Bonchev–Trinajstić information content (AvgIpc) is 2.77. The first kappa shape index (κ1) is 21.8. The maximum atomic E-state index is 12.9. The smallest absolute Gasteiger partial charge is 0.254 e. The lowest BCUT2D eigenvalue weighted by molar-refractivity contribution is 0.0746. The SMILES string of the molecule is COc1ccc(C(=O)N2CCN(c3ccc(N)c(CNC(C)C)c3)CC2)cc1OC. The summed E-state index contributed by atoms with van der Waals surface area (Å²) < 4.78 is 10.6. The van der Waals surface area contributed by atoms with Crippen LogP contribution in [0.25, 0.3) is 0 Å². The van der Waals surface area contributed by atoms with E-state index < -0.39 is 0 Å². The monoisotopic (exact) mass is 412 g/mol. The molecule has 0 saturated carbocycles. The van der Waals surface area contributed by atoms with Crippen molar-refractivity contribution >= 4 is 17.3 Å². The van der Waals surface area contributed by atoms with Crippen molar-refractivity contribution in [3.63, 3.8) is 0 Å². The lowest BCUT2D eigenvalue weighted by Gasteiger charge is -2.36. The van der Waals surface area contributed by atoms with Gasteiger partial charge in [0.15, 0.2) is 11.5 Å². The van der Waals surface area contributed by atoms with E-state index in [0.717, 1.165) is 36.6 Å². The Bertz CT molecular complexity index is 877. The van der Waals surface area contributed by atoms with Gasteiger partial charge in [-0.25, -0.2) is 0 Å². The normalized spacial score (nSPS) is 14.2. The van der Waals surface area contributed by atoms with E-state index in [1.807, 2.05) is 11.0 Å². The van der Waals surface area contributed by atoms with E-state index in [2.05, 4.69) is 36.2 Å². The summed E-state index contributed by atoms with van der Waals surface area (Å²) >= 11 is 0. The first-order chi connectivity index (χ1) is 14.4. The second kappa shape index (κ2) is 9.71. The van der Waals surface area contributed by atoms with Crippen LogP contribution in [0.5, 0.6) is 11.5 Å². The summed E-state index contributed by atoms with van der Waals surface area (Å²) in [7, 11) is 3.16. The molecule has 1 aliphatic rings. The summed E-state index contributed by atoms with van der Waals surface area (Å²) in [5, 5.41) is 3.42. The third-order valence-corrected chi connectivity index (χ3v) is 5.39. The van der Waals surface area contributed by atoms with Gasteiger partial charge in [0.1, 0.15) is 0 Å². The number of anilines is 2. The second-order valence-corrected chi connectivity index (χ2v) is 7.77. The quantitative estimate of drug-likeness (QED) is 0.681. The first-order valence-electron chi connectivity index (χ1n) is 10.3. The largest absolute Gasteiger partial charge is 0.493 e. The van der Waals surface area contributed by atoms with Crippen LogP contribution in [0.2, 0.25) is 0 Å². The molecule has 3 N–H and O–H groups in total. The Hall–Kier alpha value is -2.93. The van der Waals surface area contributed by atoms with Crippen LogP contribution in [0, 0.1) is 0 Å². The van der Waals surface area contributed by atoms with Crippen LogP contribution in [0.4, 0.5) is 11.4 Å². The van der Waals surface area contributed by atoms with Crippen molar-refractivity contribution in [2.24, 2.45) is 0 Å². The average molecular weight is 413 g/mol. The Labute approximate surface area is 178 Å². The number of amides is 1. The minimum absolute atomic E-state index is 0.00901. The molecule has 1 aliphatic heterocycles. The molecule has 1 fully saturated rings. The van der Waals surface area contributed by atoms with Gasteiger partial charge in [-0.05, 0) is 42.0 Å². The zero-order valence-corrected chi connectivity index (χ0v) is 18.3. The molecule has 30 heavy (non-hydrogen) atoms. The van der Waals surface area contributed by atoms with Crippen molar-refractivity contribution in [2.45, 2.75) is 26.4 Å². The molecule has 162 valence electrons. The van der Waals surface area contributed by atoms with Gasteiger partial charge < -0.3 is 30.3 Å². The van der Waals surface area contributed by atoms with Gasteiger partial charge in [0.2, 0.25) is 0 Å². The highest BCUT2D eigenvalue weighted by Crippen LogP contribution is 2.28. The fourth-order valence-corrected chi connectivity index (χ4v) is 3.58. The highest BCUT2D eigenvalue weighted by atomic mass is 16.5. The summed E-state index contributed by atoms with van der Waals surface area (Å²) in [6, 6.07) is 11.9. The van der Waals surface area contributed by atoms with E-state index in [4.69, 9.17) is 15.2 Å². The number of rotatable bonds is 7. The molecular formula is C23H32N4O3. The molecule has 7 nitrogen and oxygen atoms in total. The van der Waals surface area contributed by atoms with Crippen LogP contribution in [-0.4, -0.2) is 57.2 Å². The summed E-state index contributed by atoms with van der Waals surface area (Å²) in [6.45, 7) is 7.87. The van der Waals surface area contributed by atoms with Crippen molar-refractivity contribution in [2.75, 3.05) is 51.0 Å². The number of nitrogens with two attached hydrogens (primary N) is 1. The number of ether oxygens (including phenoxy) is 2. The number of carbonyl (C=O) groups excluding carboxylic acids is 1. The zero-order valence-electron chi connectivity index (χ0n) is 18.3. The predicted octanol–water partition coefficient (Wildman–Crippen LogP) is 2.75. The minimum Gasteiger partial charge on any atom is -0.493 e. The highest BCUT2D eigenvalue weighted by Gasteiger charge is 2.23. The molecule has 7 heteroatoms. The van der Waals surface area contributed by atoms with Gasteiger partial charge in [-0.15, -0.1) is 0 Å². The van der Waals surface area contributed by atoms with E-state index in [1.54, 1.807) is 32.4 Å². The molecule has 0 aromatic heterocycles. The molecule has 3 rings (SSSR count). The van der Waals surface area contributed by atoms with Crippen molar-refractivity contribution < 1.29 is 14.3 Å². The molecule has 0 bridgehead atoms. The molecule has 0 atom stereocenters.